The molecule has 0 atom stereocenters. The molecule has 1 heterocycles. The lowest BCUT2D eigenvalue weighted by Gasteiger charge is -2.09. The molecular formula is C21H22N4O3. The van der Waals surface area contributed by atoms with E-state index in [0.29, 0.717) is 23.5 Å². The zero-order valence-corrected chi connectivity index (χ0v) is 15.9. The number of carbonyl (C=O) groups is 2. The van der Waals surface area contributed by atoms with Gasteiger partial charge >= 0.3 is 0 Å². The molecule has 0 aliphatic carbocycles. The summed E-state index contributed by atoms with van der Waals surface area (Å²) in [6, 6.07) is 11.9. The Labute approximate surface area is 163 Å². The Morgan fingerprint density at radius 2 is 1.75 bits per heavy atom. The van der Waals surface area contributed by atoms with Crippen LogP contribution in [0.15, 0.2) is 55.1 Å². The van der Waals surface area contributed by atoms with Crippen molar-refractivity contribution in [1.82, 2.24) is 20.4 Å². The van der Waals surface area contributed by atoms with E-state index in [0.717, 1.165) is 23.4 Å². The maximum Gasteiger partial charge on any atom is 0.269 e. The first-order valence-electron chi connectivity index (χ1n) is 8.94. The van der Waals surface area contributed by atoms with E-state index in [4.69, 9.17) is 4.74 Å². The normalized spacial score (nSPS) is 10.5. The Morgan fingerprint density at radius 3 is 2.39 bits per heavy atom. The highest BCUT2D eigenvalue weighted by Crippen LogP contribution is 2.17. The van der Waals surface area contributed by atoms with Crippen LogP contribution in [-0.4, -0.2) is 28.0 Å². The van der Waals surface area contributed by atoms with Gasteiger partial charge in [0, 0.05) is 17.7 Å². The average Bonchev–Trinajstić information content (AvgIpc) is 3.04. The molecule has 3 aromatic rings. The fraction of sp³-hybridized carbons (Fsp3) is 0.190. The fourth-order valence-corrected chi connectivity index (χ4v) is 2.91. The van der Waals surface area contributed by atoms with Crippen molar-refractivity contribution in [3.63, 3.8) is 0 Å². The molecule has 0 radical (unpaired) electrons. The van der Waals surface area contributed by atoms with Crippen molar-refractivity contribution < 1.29 is 14.3 Å². The van der Waals surface area contributed by atoms with Crippen LogP contribution in [-0.2, 0) is 6.54 Å². The second-order valence-corrected chi connectivity index (χ2v) is 6.14. The van der Waals surface area contributed by atoms with Crippen LogP contribution in [0.3, 0.4) is 0 Å². The van der Waals surface area contributed by atoms with Gasteiger partial charge in [-0.05, 0) is 56.3 Å². The summed E-state index contributed by atoms with van der Waals surface area (Å²) < 4.78 is 7.44. The number of hydrogen-bond donors (Lipinski definition) is 2. The molecule has 7 nitrogen and oxygen atoms in total. The van der Waals surface area contributed by atoms with Gasteiger partial charge in [0.05, 0.1) is 11.0 Å². The average molecular weight is 378 g/mol. The molecule has 0 fully saturated rings. The second kappa shape index (κ2) is 8.39. The number of carbonyl (C=O) groups excluding carboxylic acids is 2. The zero-order chi connectivity index (χ0) is 20.1. The molecule has 1 aromatic heterocycles. The minimum absolute atomic E-state index is 0.391. The number of amides is 2. The lowest BCUT2D eigenvalue weighted by molar-refractivity contribution is 0.0846. The van der Waals surface area contributed by atoms with Crippen molar-refractivity contribution in [1.29, 1.82) is 0 Å². The van der Waals surface area contributed by atoms with Crippen LogP contribution in [0, 0.1) is 6.92 Å². The molecule has 28 heavy (non-hydrogen) atoms. The van der Waals surface area contributed by atoms with E-state index in [9.17, 15) is 9.59 Å². The number of hydrazine groups is 1. The van der Waals surface area contributed by atoms with Crippen molar-refractivity contribution in [2.75, 3.05) is 6.61 Å². The van der Waals surface area contributed by atoms with E-state index in [1.54, 1.807) is 42.5 Å². The number of aryl methyl sites for hydroxylation is 2. The second-order valence-electron chi connectivity index (χ2n) is 6.14. The van der Waals surface area contributed by atoms with Gasteiger partial charge in [0.2, 0.25) is 0 Å². The maximum atomic E-state index is 12.4. The Morgan fingerprint density at radius 1 is 1.11 bits per heavy atom. The molecule has 7 heteroatoms. The number of nitrogens with one attached hydrogen (secondary N) is 2. The van der Waals surface area contributed by atoms with Crippen LogP contribution in [0.2, 0.25) is 0 Å². The number of nitrogens with zero attached hydrogens (tertiary/aromatic N) is 2. The van der Waals surface area contributed by atoms with Gasteiger partial charge in [0.15, 0.2) is 0 Å². The molecule has 3 rings (SSSR count). The minimum Gasteiger partial charge on any atom is -0.490 e. The van der Waals surface area contributed by atoms with Gasteiger partial charge in [-0.3, -0.25) is 20.4 Å². The fourth-order valence-electron chi connectivity index (χ4n) is 2.91. The topological polar surface area (TPSA) is 85.2 Å². The summed E-state index contributed by atoms with van der Waals surface area (Å²) in [5, 5.41) is 0. The predicted molar refractivity (Wildman–Crippen MR) is 107 cm³/mol. The Hall–Kier alpha value is -3.61. The molecule has 0 aliphatic rings. The Kier molecular flexibility index (Phi) is 5.74. The largest absolute Gasteiger partial charge is 0.490 e. The molecule has 2 amide bonds. The van der Waals surface area contributed by atoms with E-state index >= 15 is 0 Å². The first-order chi connectivity index (χ1) is 13.5. The summed E-state index contributed by atoms with van der Waals surface area (Å²) in [5.74, 6) is 0.695. The molecule has 0 spiro atoms. The number of hydrogen-bond acceptors (Lipinski definition) is 4. The number of imidazole rings is 1. The van der Waals surface area contributed by atoms with Crippen LogP contribution < -0.4 is 15.6 Å². The zero-order valence-electron chi connectivity index (χ0n) is 15.9. The lowest BCUT2D eigenvalue weighted by atomic mass is 10.2. The molecule has 0 unspecified atom stereocenters. The van der Waals surface area contributed by atoms with Crippen molar-refractivity contribution in [2.24, 2.45) is 0 Å². The number of aromatic nitrogens is 2. The third-order valence-electron chi connectivity index (χ3n) is 4.29. The summed E-state index contributed by atoms with van der Waals surface area (Å²) in [5.41, 5.74) is 7.38. The maximum absolute atomic E-state index is 12.4. The van der Waals surface area contributed by atoms with Crippen LogP contribution in [0.1, 0.15) is 33.5 Å². The minimum atomic E-state index is -0.421. The van der Waals surface area contributed by atoms with Gasteiger partial charge < -0.3 is 9.30 Å². The summed E-state index contributed by atoms with van der Waals surface area (Å²) in [7, 11) is 0. The van der Waals surface area contributed by atoms with Crippen molar-refractivity contribution in [3.8, 4) is 5.75 Å². The molecule has 2 aromatic carbocycles. The molecule has 0 saturated carbocycles. The lowest BCUT2D eigenvalue weighted by Crippen LogP contribution is -2.41. The molecule has 144 valence electrons. The summed E-state index contributed by atoms with van der Waals surface area (Å²) in [6.45, 7) is 8.75. The smallest absolute Gasteiger partial charge is 0.269 e. The number of rotatable bonds is 6. The first kappa shape index (κ1) is 19.2. The van der Waals surface area contributed by atoms with Gasteiger partial charge in [-0.1, -0.05) is 12.7 Å². The van der Waals surface area contributed by atoms with Crippen LogP contribution in [0.25, 0.3) is 11.0 Å². The van der Waals surface area contributed by atoms with E-state index < -0.39 is 11.8 Å². The third-order valence-corrected chi connectivity index (χ3v) is 4.29. The van der Waals surface area contributed by atoms with Crippen molar-refractivity contribution in [2.45, 2.75) is 20.4 Å². The number of fused-ring (bicyclic) bond motifs is 1. The first-order valence-corrected chi connectivity index (χ1v) is 8.94. The van der Waals surface area contributed by atoms with Crippen LogP contribution in [0.5, 0.6) is 5.75 Å². The molecule has 2 N–H and O–H groups in total. The SMILES string of the molecule is C=CCOc1ccc(C(=O)NNC(=O)c2ccc3c(c2)nc(C)n3CC)cc1. The predicted octanol–water partition coefficient (Wildman–Crippen LogP) is 3.00. The quantitative estimate of drug-likeness (QED) is 0.510. The Bertz CT molecular complexity index is 1020. The third kappa shape index (κ3) is 4.03. The monoisotopic (exact) mass is 378 g/mol. The highest BCUT2D eigenvalue weighted by Gasteiger charge is 2.12. The van der Waals surface area contributed by atoms with Crippen LogP contribution in [0.4, 0.5) is 0 Å². The molecular weight excluding hydrogens is 356 g/mol. The molecule has 0 saturated heterocycles. The van der Waals surface area contributed by atoms with Crippen molar-refractivity contribution >= 4 is 22.8 Å². The van der Waals surface area contributed by atoms with Gasteiger partial charge in [-0.15, -0.1) is 0 Å². The number of ether oxygens (including phenoxy) is 1. The highest BCUT2D eigenvalue weighted by molar-refractivity contribution is 6.00. The van der Waals surface area contributed by atoms with E-state index in [2.05, 4.69) is 27.0 Å². The van der Waals surface area contributed by atoms with Gasteiger partial charge in [-0.2, -0.15) is 0 Å². The Balaban J connectivity index is 1.64. The number of benzene rings is 2. The van der Waals surface area contributed by atoms with Gasteiger partial charge in [0.25, 0.3) is 11.8 Å². The standard InChI is InChI=1S/C21H22N4O3/c1-4-12-28-17-9-6-15(7-10-17)20(26)23-24-21(27)16-8-11-19-18(13-16)22-14(3)25(19)5-2/h4,6-11,13H,1,5,12H2,2-3H3,(H,23,26)(H,24,27). The van der Waals surface area contributed by atoms with Crippen molar-refractivity contribution in [3.05, 3.63) is 72.1 Å². The summed E-state index contributed by atoms with van der Waals surface area (Å²) >= 11 is 0. The van der Waals surface area contributed by atoms with Gasteiger partial charge in [0.1, 0.15) is 18.2 Å². The van der Waals surface area contributed by atoms with E-state index in [-0.39, 0.29) is 0 Å². The summed E-state index contributed by atoms with van der Waals surface area (Å²) in [4.78, 5) is 29.1. The van der Waals surface area contributed by atoms with Crippen LogP contribution >= 0.6 is 0 Å². The molecule has 0 aliphatic heterocycles. The summed E-state index contributed by atoms with van der Waals surface area (Å²) in [6.07, 6.45) is 1.64. The highest BCUT2D eigenvalue weighted by atomic mass is 16.5. The van der Waals surface area contributed by atoms with E-state index in [1.807, 2.05) is 19.9 Å². The van der Waals surface area contributed by atoms with E-state index in [1.165, 1.54) is 0 Å². The van der Waals surface area contributed by atoms with Gasteiger partial charge in [-0.25, -0.2) is 4.98 Å². The molecule has 0 bridgehead atoms.